The van der Waals surface area contributed by atoms with Crippen molar-refractivity contribution in [2.45, 2.75) is 6.54 Å². The predicted molar refractivity (Wildman–Crippen MR) is 78.1 cm³/mol. The van der Waals surface area contributed by atoms with E-state index in [4.69, 9.17) is 5.26 Å². The first-order chi connectivity index (χ1) is 9.36. The SMILES string of the molecule is N#Cc1csc(CNc2cccc3cccnc23)c1. The monoisotopic (exact) mass is 265 g/mol. The van der Waals surface area contributed by atoms with Crippen molar-refractivity contribution in [3.8, 4) is 6.07 Å². The topological polar surface area (TPSA) is 48.7 Å². The molecule has 0 atom stereocenters. The lowest BCUT2D eigenvalue weighted by Gasteiger charge is -2.07. The molecule has 0 aliphatic rings. The second-order valence-corrected chi connectivity index (χ2v) is 5.14. The van der Waals surface area contributed by atoms with Crippen LogP contribution in [0, 0.1) is 11.3 Å². The summed E-state index contributed by atoms with van der Waals surface area (Å²) in [7, 11) is 0. The molecule has 0 saturated carbocycles. The maximum atomic E-state index is 8.80. The number of anilines is 1. The van der Waals surface area contributed by atoms with E-state index < -0.39 is 0 Å². The first-order valence-electron chi connectivity index (χ1n) is 5.92. The van der Waals surface area contributed by atoms with Crippen molar-refractivity contribution in [1.29, 1.82) is 5.26 Å². The third-order valence-electron chi connectivity index (χ3n) is 2.87. The highest BCUT2D eigenvalue weighted by Crippen LogP contribution is 2.22. The Morgan fingerprint density at radius 3 is 3.00 bits per heavy atom. The molecule has 0 aliphatic carbocycles. The van der Waals surface area contributed by atoms with Crippen LogP contribution >= 0.6 is 11.3 Å². The van der Waals surface area contributed by atoms with Crippen molar-refractivity contribution in [2.24, 2.45) is 0 Å². The molecule has 3 aromatic rings. The van der Waals surface area contributed by atoms with Crippen LogP contribution in [0.5, 0.6) is 0 Å². The first-order valence-corrected chi connectivity index (χ1v) is 6.80. The van der Waals surface area contributed by atoms with Crippen LogP contribution in [-0.2, 0) is 6.54 Å². The van der Waals surface area contributed by atoms with E-state index in [9.17, 15) is 0 Å². The second kappa shape index (κ2) is 5.09. The van der Waals surface area contributed by atoms with Crippen molar-refractivity contribution in [3.05, 3.63) is 58.4 Å². The molecular formula is C15H11N3S. The average molecular weight is 265 g/mol. The van der Waals surface area contributed by atoms with Gasteiger partial charge in [-0.25, -0.2) is 0 Å². The van der Waals surface area contributed by atoms with E-state index in [2.05, 4.69) is 16.4 Å². The molecule has 3 rings (SSSR count). The van der Waals surface area contributed by atoms with Crippen molar-refractivity contribution >= 4 is 27.9 Å². The standard InChI is InChI=1S/C15H11N3S/c16-8-11-7-13(19-10-11)9-18-14-5-1-3-12-4-2-6-17-15(12)14/h1-7,10,18H,9H2. The fourth-order valence-corrected chi connectivity index (χ4v) is 2.71. The Bertz CT molecular complexity index is 750. The number of para-hydroxylation sites is 1. The van der Waals surface area contributed by atoms with Gasteiger partial charge in [0.25, 0.3) is 0 Å². The quantitative estimate of drug-likeness (QED) is 0.784. The van der Waals surface area contributed by atoms with E-state index in [1.807, 2.05) is 41.8 Å². The van der Waals surface area contributed by atoms with Gasteiger partial charge in [-0.3, -0.25) is 4.98 Å². The van der Waals surface area contributed by atoms with Gasteiger partial charge in [0.15, 0.2) is 0 Å². The van der Waals surface area contributed by atoms with E-state index in [-0.39, 0.29) is 0 Å². The summed E-state index contributed by atoms with van der Waals surface area (Å²) in [6.07, 6.45) is 1.80. The smallest absolute Gasteiger partial charge is 0.100 e. The van der Waals surface area contributed by atoms with Crippen molar-refractivity contribution in [3.63, 3.8) is 0 Å². The number of rotatable bonds is 3. The van der Waals surface area contributed by atoms with Crippen LogP contribution in [0.25, 0.3) is 10.9 Å². The number of nitriles is 1. The highest BCUT2D eigenvalue weighted by molar-refractivity contribution is 7.10. The van der Waals surface area contributed by atoms with E-state index in [0.717, 1.165) is 27.0 Å². The van der Waals surface area contributed by atoms with Gasteiger partial charge in [-0.1, -0.05) is 18.2 Å². The summed E-state index contributed by atoms with van der Waals surface area (Å²) in [6, 6.07) is 14.1. The minimum Gasteiger partial charge on any atom is -0.378 e. The Balaban J connectivity index is 1.84. The van der Waals surface area contributed by atoms with Crippen LogP contribution in [0.2, 0.25) is 0 Å². The molecular weight excluding hydrogens is 254 g/mol. The number of hydrogen-bond acceptors (Lipinski definition) is 4. The third-order valence-corrected chi connectivity index (χ3v) is 3.81. The summed E-state index contributed by atoms with van der Waals surface area (Å²) in [5, 5.41) is 15.2. The predicted octanol–water partition coefficient (Wildman–Crippen LogP) is 3.78. The zero-order chi connectivity index (χ0) is 13.1. The molecule has 2 aromatic heterocycles. The molecule has 0 radical (unpaired) electrons. The lowest BCUT2D eigenvalue weighted by molar-refractivity contribution is 1.19. The molecule has 19 heavy (non-hydrogen) atoms. The van der Waals surface area contributed by atoms with Gasteiger partial charge in [0.2, 0.25) is 0 Å². The molecule has 1 N–H and O–H groups in total. The zero-order valence-electron chi connectivity index (χ0n) is 10.1. The Hall–Kier alpha value is -2.38. The minimum atomic E-state index is 0.710. The van der Waals surface area contributed by atoms with Gasteiger partial charge < -0.3 is 5.32 Å². The molecule has 0 amide bonds. The number of thiophene rings is 1. The van der Waals surface area contributed by atoms with E-state index in [0.29, 0.717) is 6.54 Å². The molecule has 4 heteroatoms. The van der Waals surface area contributed by atoms with Gasteiger partial charge in [0, 0.05) is 28.4 Å². The minimum absolute atomic E-state index is 0.710. The Kier molecular flexibility index (Phi) is 3.13. The summed E-state index contributed by atoms with van der Waals surface area (Å²) in [4.78, 5) is 5.55. The molecule has 0 bridgehead atoms. The maximum absolute atomic E-state index is 8.80. The van der Waals surface area contributed by atoms with Crippen molar-refractivity contribution < 1.29 is 0 Å². The van der Waals surface area contributed by atoms with E-state index in [1.165, 1.54) is 0 Å². The average Bonchev–Trinajstić information content (AvgIpc) is 2.93. The number of hydrogen-bond donors (Lipinski definition) is 1. The lowest BCUT2D eigenvalue weighted by Crippen LogP contribution is -1.98. The molecule has 0 saturated heterocycles. The molecule has 92 valence electrons. The summed E-state index contributed by atoms with van der Waals surface area (Å²) < 4.78 is 0. The summed E-state index contributed by atoms with van der Waals surface area (Å²) >= 11 is 1.59. The Morgan fingerprint density at radius 2 is 2.16 bits per heavy atom. The van der Waals surface area contributed by atoms with Gasteiger partial charge >= 0.3 is 0 Å². The van der Waals surface area contributed by atoms with Gasteiger partial charge in [-0.05, 0) is 18.2 Å². The van der Waals surface area contributed by atoms with E-state index in [1.54, 1.807) is 17.5 Å². The largest absolute Gasteiger partial charge is 0.378 e. The fraction of sp³-hybridized carbons (Fsp3) is 0.0667. The Labute approximate surface area is 115 Å². The van der Waals surface area contributed by atoms with Gasteiger partial charge in [-0.15, -0.1) is 11.3 Å². The maximum Gasteiger partial charge on any atom is 0.100 e. The number of nitrogens with zero attached hydrogens (tertiary/aromatic N) is 2. The highest BCUT2D eigenvalue weighted by Gasteiger charge is 2.03. The number of benzene rings is 1. The molecule has 0 spiro atoms. The lowest BCUT2D eigenvalue weighted by atomic mass is 10.2. The number of aromatic nitrogens is 1. The normalized spacial score (nSPS) is 10.3. The summed E-state index contributed by atoms with van der Waals surface area (Å²) in [5.41, 5.74) is 2.71. The third kappa shape index (κ3) is 2.42. The fourth-order valence-electron chi connectivity index (χ4n) is 1.96. The first kappa shape index (κ1) is 11.7. The van der Waals surface area contributed by atoms with Crippen LogP contribution in [0.15, 0.2) is 48.0 Å². The van der Waals surface area contributed by atoms with Gasteiger partial charge in [-0.2, -0.15) is 5.26 Å². The Morgan fingerprint density at radius 1 is 1.26 bits per heavy atom. The molecule has 0 unspecified atom stereocenters. The van der Waals surface area contributed by atoms with Gasteiger partial charge in [0.1, 0.15) is 6.07 Å². The summed E-state index contributed by atoms with van der Waals surface area (Å²) in [6.45, 7) is 0.710. The second-order valence-electron chi connectivity index (χ2n) is 4.15. The van der Waals surface area contributed by atoms with Crippen LogP contribution in [0.4, 0.5) is 5.69 Å². The number of fused-ring (bicyclic) bond motifs is 1. The zero-order valence-corrected chi connectivity index (χ0v) is 10.9. The molecule has 1 aromatic carbocycles. The molecule has 0 aliphatic heterocycles. The number of pyridine rings is 1. The molecule has 0 fully saturated rings. The molecule has 2 heterocycles. The van der Waals surface area contributed by atoms with Crippen LogP contribution < -0.4 is 5.32 Å². The van der Waals surface area contributed by atoms with Crippen molar-refractivity contribution in [1.82, 2.24) is 4.98 Å². The van der Waals surface area contributed by atoms with Crippen LogP contribution in [-0.4, -0.2) is 4.98 Å². The summed E-state index contributed by atoms with van der Waals surface area (Å²) in [5.74, 6) is 0. The number of nitrogens with one attached hydrogen (secondary N) is 1. The van der Waals surface area contributed by atoms with Crippen LogP contribution in [0.3, 0.4) is 0 Å². The highest BCUT2D eigenvalue weighted by atomic mass is 32.1. The van der Waals surface area contributed by atoms with Gasteiger partial charge in [0.05, 0.1) is 16.8 Å². The van der Waals surface area contributed by atoms with Crippen molar-refractivity contribution in [2.75, 3.05) is 5.32 Å². The van der Waals surface area contributed by atoms with Crippen LogP contribution in [0.1, 0.15) is 10.4 Å². The molecule has 3 nitrogen and oxygen atoms in total. The van der Waals surface area contributed by atoms with E-state index >= 15 is 0 Å².